The van der Waals surface area contributed by atoms with Gasteiger partial charge in [-0.25, -0.2) is 4.79 Å². The molecule has 0 radical (unpaired) electrons. The predicted molar refractivity (Wildman–Crippen MR) is 175 cm³/mol. The monoisotopic (exact) mass is 630 g/mol. The van der Waals surface area contributed by atoms with E-state index in [0.717, 1.165) is 16.5 Å². The second kappa shape index (κ2) is 13.7. The van der Waals surface area contributed by atoms with Crippen LogP contribution in [0.5, 0.6) is 5.75 Å². The SMILES string of the molecule is Cc1noc(C)c1NC(=O)N(C)C[C@H]1Oc2ccc(NC(=O)Cc3cn(C)c4ccccc34)cc2CC(=O)N([C@@H](C)CO)C[C@H]1C. The third-order valence-electron chi connectivity index (χ3n) is 8.60. The number of aromatic nitrogens is 2. The Hall–Kier alpha value is -4.84. The second-order valence-electron chi connectivity index (χ2n) is 12.2. The van der Waals surface area contributed by atoms with Gasteiger partial charge >= 0.3 is 6.03 Å². The van der Waals surface area contributed by atoms with Crippen LogP contribution in [0.15, 0.2) is 53.2 Å². The number of amides is 4. The number of aliphatic hydroxyl groups is 1. The van der Waals surface area contributed by atoms with Gasteiger partial charge in [0.25, 0.3) is 0 Å². The number of rotatable bonds is 8. The van der Waals surface area contributed by atoms with E-state index in [1.54, 1.807) is 50.9 Å². The molecule has 0 unspecified atom stereocenters. The minimum Gasteiger partial charge on any atom is -0.488 e. The normalized spacial score (nSPS) is 17.4. The molecule has 5 rings (SSSR count). The van der Waals surface area contributed by atoms with Gasteiger partial charge in [-0.15, -0.1) is 0 Å². The van der Waals surface area contributed by atoms with Crippen LogP contribution in [0.3, 0.4) is 0 Å². The summed E-state index contributed by atoms with van der Waals surface area (Å²) in [5, 5.41) is 20.7. The molecule has 3 atom stereocenters. The lowest BCUT2D eigenvalue weighted by Gasteiger charge is -2.34. The van der Waals surface area contributed by atoms with Crippen LogP contribution < -0.4 is 15.4 Å². The number of para-hydroxylation sites is 1. The Morgan fingerprint density at radius 3 is 2.65 bits per heavy atom. The van der Waals surface area contributed by atoms with Gasteiger partial charge in [-0.05, 0) is 50.6 Å². The van der Waals surface area contributed by atoms with Crippen molar-refractivity contribution in [3.8, 4) is 5.75 Å². The number of urea groups is 1. The van der Waals surface area contributed by atoms with Crippen molar-refractivity contribution in [2.24, 2.45) is 13.0 Å². The maximum Gasteiger partial charge on any atom is 0.321 e. The molecule has 1 aliphatic rings. The maximum atomic E-state index is 13.6. The first-order valence-electron chi connectivity index (χ1n) is 15.4. The lowest BCUT2D eigenvalue weighted by molar-refractivity contribution is -0.134. The smallest absolute Gasteiger partial charge is 0.321 e. The van der Waals surface area contributed by atoms with E-state index in [2.05, 4.69) is 15.8 Å². The second-order valence-corrected chi connectivity index (χ2v) is 12.2. The van der Waals surface area contributed by atoms with Crippen molar-refractivity contribution < 1.29 is 28.8 Å². The zero-order valence-electron chi connectivity index (χ0n) is 27.2. The van der Waals surface area contributed by atoms with Crippen molar-refractivity contribution in [2.45, 2.75) is 52.7 Å². The van der Waals surface area contributed by atoms with Gasteiger partial charge in [-0.3, -0.25) is 9.59 Å². The molecule has 3 heterocycles. The van der Waals surface area contributed by atoms with E-state index in [9.17, 15) is 19.5 Å². The summed E-state index contributed by atoms with van der Waals surface area (Å²) < 4.78 is 13.7. The van der Waals surface area contributed by atoms with E-state index >= 15 is 0 Å². The molecule has 12 heteroatoms. The van der Waals surface area contributed by atoms with Gasteiger partial charge < -0.3 is 39.4 Å². The van der Waals surface area contributed by atoms with Crippen LogP contribution in [-0.4, -0.2) is 81.4 Å². The summed E-state index contributed by atoms with van der Waals surface area (Å²) in [6, 6.07) is 12.4. The fourth-order valence-corrected chi connectivity index (χ4v) is 5.89. The van der Waals surface area contributed by atoms with Crippen LogP contribution in [0, 0.1) is 19.8 Å². The number of carbonyl (C=O) groups excluding carboxylic acids is 3. The zero-order chi connectivity index (χ0) is 33.1. The number of carbonyl (C=O) groups is 3. The largest absolute Gasteiger partial charge is 0.488 e. The Morgan fingerprint density at radius 2 is 1.93 bits per heavy atom. The highest BCUT2D eigenvalue weighted by atomic mass is 16.5. The van der Waals surface area contributed by atoms with Crippen molar-refractivity contribution >= 4 is 40.1 Å². The minimum atomic E-state index is -0.495. The quantitative estimate of drug-likeness (QED) is 0.264. The predicted octanol–water partition coefficient (Wildman–Crippen LogP) is 4.28. The van der Waals surface area contributed by atoms with Crippen LogP contribution in [0.25, 0.3) is 10.9 Å². The highest BCUT2D eigenvalue weighted by molar-refractivity contribution is 5.96. The van der Waals surface area contributed by atoms with E-state index in [-0.39, 0.29) is 49.8 Å². The number of aryl methyl sites for hydroxylation is 3. The van der Waals surface area contributed by atoms with Crippen LogP contribution in [-0.2, 0) is 29.5 Å². The summed E-state index contributed by atoms with van der Waals surface area (Å²) in [5.74, 6) is 0.461. The molecular formula is C34H42N6O6. The van der Waals surface area contributed by atoms with Crippen molar-refractivity contribution in [1.29, 1.82) is 0 Å². The summed E-state index contributed by atoms with van der Waals surface area (Å²) in [6.45, 7) is 7.59. The summed E-state index contributed by atoms with van der Waals surface area (Å²) in [6.07, 6.45) is 1.68. The third kappa shape index (κ3) is 7.02. The van der Waals surface area contributed by atoms with E-state index in [0.29, 0.717) is 40.7 Å². The average molecular weight is 631 g/mol. The minimum absolute atomic E-state index is 0.0223. The lowest BCUT2D eigenvalue weighted by Crippen LogP contribution is -2.48. The number of nitrogens with zero attached hydrogens (tertiary/aromatic N) is 4. The van der Waals surface area contributed by atoms with Gasteiger partial charge in [0.15, 0.2) is 5.76 Å². The fourth-order valence-electron chi connectivity index (χ4n) is 5.89. The Balaban J connectivity index is 1.37. The Bertz CT molecular complexity index is 1730. The molecule has 0 aliphatic carbocycles. The number of aliphatic hydroxyl groups excluding tert-OH is 1. The number of fused-ring (bicyclic) bond motifs is 2. The first-order chi connectivity index (χ1) is 21.9. The van der Waals surface area contributed by atoms with Crippen molar-refractivity contribution in [3.63, 3.8) is 0 Å². The molecule has 2 aromatic heterocycles. The standard InChI is InChI=1S/C34H42N6O6/c1-20-16-40(21(2)19-41)32(43)15-24-13-26(35-31(42)14-25-17-38(5)28-10-8-7-9-27(25)28)11-12-29(24)45-30(20)18-39(6)34(44)36-33-22(3)37-46-23(33)4/h7-13,17,20-21,30,41H,14-16,18-19H2,1-6H3,(H,35,42)(H,36,44)/t20-,21+,30-/m1/s1. The summed E-state index contributed by atoms with van der Waals surface area (Å²) in [7, 11) is 3.63. The van der Waals surface area contributed by atoms with Gasteiger partial charge in [-0.2, -0.15) is 0 Å². The molecule has 2 aromatic carbocycles. The van der Waals surface area contributed by atoms with Gasteiger partial charge in [-0.1, -0.05) is 30.3 Å². The molecule has 244 valence electrons. The van der Waals surface area contributed by atoms with E-state index < -0.39 is 12.1 Å². The molecule has 0 saturated carbocycles. The molecule has 0 fully saturated rings. The number of anilines is 2. The Labute approximate surface area is 268 Å². The van der Waals surface area contributed by atoms with Crippen LogP contribution in [0.1, 0.15) is 36.4 Å². The highest BCUT2D eigenvalue weighted by Crippen LogP contribution is 2.30. The van der Waals surface area contributed by atoms with Gasteiger partial charge in [0.05, 0.1) is 32.0 Å². The van der Waals surface area contributed by atoms with Crippen LogP contribution in [0.2, 0.25) is 0 Å². The number of likely N-dealkylation sites (N-methyl/N-ethyl adjacent to an activating group) is 1. The summed E-state index contributed by atoms with van der Waals surface area (Å²) in [4.78, 5) is 43.1. The Morgan fingerprint density at radius 1 is 1.17 bits per heavy atom. The van der Waals surface area contributed by atoms with E-state index in [1.165, 1.54) is 4.90 Å². The average Bonchev–Trinajstić information content (AvgIpc) is 3.53. The highest BCUT2D eigenvalue weighted by Gasteiger charge is 2.32. The molecule has 4 amide bonds. The van der Waals surface area contributed by atoms with Gasteiger partial charge in [0.1, 0.15) is 23.2 Å². The maximum absolute atomic E-state index is 13.6. The fraction of sp³-hybridized carbons (Fsp3) is 0.412. The number of ether oxygens (including phenoxy) is 1. The molecule has 12 nitrogen and oxygen atoms in total. The topological polar surface area (TPSA) is 142 Å². The lowest BCUT2D eigenvalue weighted by atomic mass is 10.0. The number of benzene rings is 2. The molecular weight excluding hydrogens is 588 g/mol. The number of hydrogen-bond acceptors (Lipinski definition) is 7. The molecule has 0 bridgehead atoms. The number of nitrogens with one attached hydrogen (secondary N) is 2. The van der Waals surface area contributed by atoms with E-state index in [1.807, 2.05) is 49.0 Å². The van der Waals surface area contributed by atoms with Crippen LogP contribution >= 0.6 is 0 Å². The molecule has 1 aliphatic heterocycles. The Kier molecular flexibility index (Phi) is 9.66. The van der Waals surface area contributed by atoms with Crippen LogP contribution in [0.4, 0.5) is 16.2 Å². The van der Waals surface area contributed by atoms with Crippen molar-refractivity contribution in [2.75, 3.05) is 37.4 Å². The molecule has 0 saturated heterocycles. The van der Waals surface area contributed by atoms with Crippen molar-refractivity contribution in [3.05, 3.63) is 71.2 Å². The first-order valence-corrected chi connectivity index (χ1v) is 15.4. The zero-order valence-corrected chi connectivity index (χ0v) is 27.2. The van der Waals surface area contributed by atoms with E-state index in [4.69, 9.17) is 9.26 Å². The summed E-state index contributed by atoms with van der Waals surface area (Å²) in [5.41, 5.74) is 4.22. The molecule has 0 spiro atoms. The molecule has 4 aromatic rings. The van der Waals surface area contributed by atoms with Gasteiger partial charge in [0, 0.05) is 54.9 Å². The molecule has 46 heavy (non-hydrogen) atoms. The summed E-state index contributed by atoms with van der Waals surface area (Å²) >= 11 is 0. The number of hydrogen-bond donors (Lipinski definition) is 3. The van der Waals surface area contributed by atoms with Gasteiger partial charge in [0.2, 0.25) is 11.8 Å². The van der Waals surface area contributed by atoms with Crippen molar-refractivity contribution in [1.82, 2.24) is 19.5 Å². The first kappa shape index (κ1) is 32.6. The molecule has 3 N–H and O–H groups in total. The third-order valence-corrected chi connectivity index (χ3v) is 8.60.